The van der Waals surface area contributed by atoms with Crippen LogP contribution >= 0.6 is 0 Å². The highest BCUT2D eigenvalue weighted by molar-refractivity contribution is 6.02. The molecule has 0 saturated carbocycles. The molecule has 0 heterocycles. The van der Waals surface area contributed by atoms with Gasteiger partial charge >= 0.3 is 0 Å². The van der Waals surface area contributed by atoms with Gasteiger partial charge in [-0.3, -0.25) is 0 Å². The first-order valence-corrected chi connectivity index (χ1v) is 18.6. The summed E-state index contributed by atoms with van der Waals surface area (Å²) in [5.74, 6) is 0. The molecule has 53 heavy (non-hydrogen) atoms. The molecule has 252 valence electrons. The zero-order valence-electron chi connectivity index (χ0n) is 30.1. The van der Waals surface area contributed by atoms with Crippen LogP contribution in [0.15, 0.2) is 200 Å². The standard InChI is InChI=1S/C52H39N/c1-4-5-21-42-40-25-12-17-30-48(40)52(46-28-15-10-23-38(46)39-24-11-16-29-47(39)52)50(42)53(49-31-18-13-22-37(49)35-19-7-6-8-20-35)36-32-33-45-43(34-36)41-26-9-14-27-44(41)51(45,2)3/h4-34H,1H2,2-3H3/b21-5-. The first kappa shape index (κ1) is 31.3. The number of rotatable bonds is 6. The summed E-state index contributed by atoms with van der Waals surface area (Å²) in [6.45, 7) is 8.84. The Morgan fingerprint density at radius 3 is 1.60 bits per heavy atom. The van der Waals surface area contributed by atoms with Crippen LogP contribution in [0.1, 0.15) is 47.2 Å². The van der Waals surface area contributed by atoms with Crippen molar-refractivity contribution in [2.24, 2.45) is 0 Å². The summed E-state index contributed by atoms with van der Waals surface area (Å²) in [5, 5.41) is 0. The third-order valence-electron chi connectivity index (χ3n) is 11.9. The normalized spacial score (nSPS) is 15.2. The van der Waals surface area contributed by atoms with Crippen molar-refractivity contribution >= 4 is 16.9 Å². The lowest BCUT2D eigenvalue weighted by molar-refractivity contribution is 0.660. The largest absolute Gasteiger partial charge is 0.311 e. The molecule has 7 aromatic carbocycles. The molecule has 0 amide bonds. The second-order valence-corrected chi connectivity index (χ2v) is 14.9. The molecule has 7 aromatic rings. The summed E-state index contributed by atoms with van der Waals surface area (Å²) in [6.07, 6.45) is 6.27. The van der Waals surface area contributed by atoms with E-state index in [4.69, 9.17) is 0 Å². The Morgan fingerprint density at radius 1 is 0.472 bits per heavy atom. The minimum atomic E-state index is -0.593. The molecule has 1 spiro atoms. The smallest absolute Gasteiger partial charge is 0.0881 e. The predicted molar refractivity (Wildman–Crippen MR) is 222 cm³/mol. The quantitative estimate of drug-likeness (QED) is 0.158. The molecule has 0 fully saturated rings. The topological polar surface area (TPSA) is 3.24 Å². The van der Waals surface area contributed by atoms with Crippen molar-refractivity contribution in [2.45, 2.75) is 24.7 Å². The van der Waals surface area contributed by atoms with Crippen molar-refractivity contribution in [3.63, 3.8) is 0 Å². The van der Waals surface area contributed by atoms with Gasteiger partial charge in [-0.25, -0.2) is 0 Å². The molecule has 3 aliphatic rings. The fourth-order valence-electron chi connectivity index (χ4n) is 9.67. The first-order valence-electron chi connectivity index (χ1n) is 18.6. The monoisotopic (exact) mass is 677 g/mol. The Hall–Kier alpha value is -6.44. The van der Waals surface area contributed by atoms with Crippen molar-refractivity contribution < 1.29 is 0 Å². The fourth-order valence-corrected chi connectivity index (χ4v) is 9.67. The van der Waals surface area contributed by atoms with E-state index in [2.05, 4.69) is 207 Å². The van der Waals surface area contributed by atoms with E-state index in [1.54, 1.807) is 0 Å². The van der Waals surface area contributed by atoms with Gasteiger partial charge in [0, 0.05) is 22.2 Å². The zero-order valence-corrected chi connectivity index (χ0v) is 30.1. The molecule has 0 bridgehead atoms. The number of anilines is 2. The van der Waals surface area contributed by atoms with Crippen LogP contribution in [-0.4, -0.2) is 0 Å². The van der Waals surface area contributed by atoms with Gasteiger partial charge < -0.3 is 4.90 Å². The van der Waals surface area contributed by atoms with Crippen molar-refractivity contribution in [1.82, 2.24) is 0 Å². The number of hydrogen-bond donors (Lipinski definition) is 0. The Kier molecular flexibility index (Phi) is 6.97. The summed E-state index contributed by atoms with van der Waals surface area (Å²) in [7, 11) is 0. The molecule has 0 aliphatic heterocycles. The van der Waals surface area contributed by atoms with Crippen LogP contribution in [0.3, 0.4) is 0 Å². The van der Waals surface area contributed by atoms with Gasteiger partial charge in [-0.05, 0) is 79.4 Å². The summed E-state index contributed by atoms with van der Waals surface area (Å²) in [5.41, 5.74) is 19.4. The Labute approximate surface area is 312 Å². The highest BCUT2D eigenvalue weighted by atomic mass is 15.2. The number of benzene rings is 7. The van der Waals surface area contributed by atoms with Gasteiger partial charge in [-0.1, -0.05) is 190 Å². The SMILES string of the molecule is C=C/C=C\C1=C(N(c2ccc3c(c2)-c2ccccc2C3(C)C)c2ccccc2-c2ccccc2)C2(c3ccccc31)c1ccccc1-c1ccccc12. The highest BCUT2D eigenvalue weighted by Crippen LogP contribution is 2.64. The van der Waals surface area contributed by atoms with E-state index in [1.165, 1.54) is 78.0 Å². The Bertz CT molecular complexity index is 2620. The number of nitrogens with zero attached hydrogens (tertiary/aromatic N) is 1. The second kappa shape index (κ2) is 11.8. The van der Waals surface area contributed by atoms with Crippen LogP contribution in [0.25, 0.3) is 39.0 Å². The van der Waals surface area contributed by atoms with Gasteiger partial charge in [0.15, 0.2) is 0 Å². The van der Waals surface area contributed by atoms with Crippen molar-refractivity contribution in [3.8, 4) is 33.4 Å². The van der Waals surface area contributed by atoms with Crippen LogP contribution in [0.4, 0.5) is 11.4 Å². The lowest BCUT2D eigenvalue weighted by atomic mass is 9.71. The van der Waals surface area contributed by atoms with E-state index < -0.39 is 5.41 Å². The van der Waals surface area contributed by atoms with Gasteiger partial charge in [0.2, 0.25) is 0 Å². The van der Waals surface area contributed by atoms with Crippen LogP contribution in [-0.2, 0) is 10.8 Å². The van der Waals surface area contributed by atoms with E-state index >= 15 is 0 Å². The lowest BCUT2D eigenvalue weighted by Gasteiger charge is -2.40. The second-order valence-electron chi connectivity index (χ2n) is 14.9. The molecular formula is C52H39N. The molecule has 0 N–H and O–H groups in total. The van der Waals surface area contributed by atoms with Gasteiger partial charge in [-0.15, -0.1) is 0 Å². The maximum absolute atomic E-state index is 4.13. The zero-order chi connectivity index (χ0) is 35.7. The van der Waals surface area contributed by atoms with Crippen LogP contribution < -0.4 is 4.90 Å². The van der Waals surface area contributed by atoms with E-state index in [0.717, 1.165) is 11.4 Å². The van der Waals surface area contributed by atoms with Crippen LogP contribution in [0.5, 0.6) is 0 Å². The Balaban J connectivity index is 1.37. The van der Waals surface area contributed by atoms with E-state index in [1.807, 2.05) is 6.08 Å². The highest BCUT2D eigenvalue weighted by Gasteiger charge is 2.55. The lowest BCUT2D eigenvalue weighted by Crippen LogP contribution is -2.36. The van der Waals surface area contributed by atoms with Gasteiger partial charge in [-0.2, -0.15) is 0 Å². The predicted octanol–water partition coefficient (Wildman–Crippen LogP) is 13.3. The van der Waals surface area contributed by atoms with Gasteiger partial charge in [0.05, 0.1) is 16.8 Å². The molecule has 0 saturated heterocycles. The van der Waals surface area contributed by atoms with Crippen molar-refractivity contribution in [1.29, 1.82) is 0 Å². The third kappa shape index (κ3) is 4.31. The molecule has 0 unspecified atom stereocenters. The minimum absolute atomic E-state index is 0.0947. The van der Waals surface area contributed by atoms with Crippen molar-refractivity contribution in [3.05, 3.63) is 234 Å². The van der Waals surface area contributed by atoms with Gasteiger partial charge in [0.1, 0.15) is 0 Å². The number of allylic oxidation sites excluding steroid dienone is 5. The van der Waals surface area contributed by atoms with E-state index in [9.17, 15) is 0 Å². The first-order chi connectivity index (χ1) is 26.0. The molecular weight excluding hydrogens is 639 g/mol. The fraction of sp³-hybridized carbons (Fsp3) is 0.0769. The average molecular weight is 678 g/mol. The number of para-hydroxylation sites is 1. The number of fused-ring (bicyclic) bond motifs is 10. The molecule has 0 radical (unpaired) electrons. The summed E-state index contributed by atoms with van der Waals surface area (Å²) >= 11 is 0. The van der Waals surface area contributed by atoms with Gasteiger partial charge in [0.25, 0.3) is 0 Å². The molecule has 3 aliphatic carbocycles. The molecule has 1 heteroatoms. The molecule has 0 atom stereocenters. The summed E-state index contributed by atoms with van der Waals surface area (Å²) in [4.78, 5) is 2.60. The van der Waals surface area contributed by atoms with E-state index in [0.29, 0.717) is 0 Å². The minimum Gasteiger partial charge on any atom is -0.311 e. The number of hydrogen-bond acceptors (Lipinski definition) is 1. The molecule has 1 nitrogen and oxygen atoms in total. The third-order valence-corrected chi connectivity index (χ3v) is 11.9. The maximum Gasteiger partial charge on any atom is 0.0881 e. The maximum atomic E-state index is 4.13. The molecule has 0 aromatic heterocycles. The molecule has 10 rings (SSSR count). The van der Waals surface area contributed by atoms with E-state index in [-0.39, 0.29) is 5.41 Å². The van der Waals surface area contributed by atoms with Crippen LogP contribution in [0, 0.1) is 0 Å². The summed E-state index contributed by atoms with van der Waals surface area (Å²) < 4.78 is 0. The summed E-state index contributed by atoms with van der Waals surface area (Å²) in [6, 6.07) is 63.0. The Morgan fingerprint density at radius 2 is 0.962 bits per heavy atom. The average Bonchev–Trinajstić information content (AvgIpc) is 3.76. The van der Waals surface area contributed by atoms with Crippen molar-refractivity contribution in [2.75, 3.05) is 4.90 Å². The van der Waals surface area contributed by atoms with Crippen LogP contribution in [0.2, 0.25) is 0 Å².